The third kappa shape index (κ3) is 2.20. The summed E-state index contributed by atoms with van der Waals surface area (Å²) in [4.78, 5) is 9.92. The molecule has 0 aliphatic rings. The van der Waals surface area contributed by atoms with E-state index in [-0.39, 0.29) is 11.1 Å². The molecule has 7 heteroatoms. The van der Waals surface area contributed by atoms with Crippen molar-refractivity contribution in [3.8, 4) is 11.1 Å². The minimum Gasteiger partial charge on any atom is -0.460 e. The summed E-state index contributed by atoms with van der Waals surface area (Å²) < 4.78 is 42.0. The molecule has 1 aromatic heterocycles. The zero-order valence-electron chi connectivity index (χ0n) is 8.69. The Bertz CT molecular complexity index is 576. The second kappa shape index (κ2) is 4.17. The normalized spacial score (nSPS) is 11.5. The number of hydrogen-bond donors (Lipinski definition) is 0. The fourth-order valence-corrected chi connectivity index (χ4v) is 1.47. The molecule has 0 spiro atoms. The van der Waals surface area contributed by atoms with Gasteiger partial charge in [-0.2, -0.15) is 13.2 Å². The Labute approximate surface area is 98.8 Å². The van der Waals surface area contributed by atoms with E-state index >= 15 is 0 Å². The summed E-state index contributed by atoms with van der Waals surface area (Å²) in [6, 6.07) is 3.69. The van der Waals surface area contributed by atoms with E-state index in [0.717, 1.165) is 12.1 Å². The molecule has 0 aliphatic carbocycles. The van der Waals surface area contributed by atoms with Crippen LogP contribution in [0.1, 0.15) is 5.56 Å². The maximum atomic E-state index is 12.5. The Morgan fingerprint density at radius 1 is 1.28 bits per heavy atom. The highest BCUT2D eigenvalue weighted by Crippen LogP contribution is 2.36. The molecule has 1 aromatic carbocycles. The van der Waals surface area contributed by atoms with E-state index in [0.29, 0.717) is 6.07 Å². The second-order valence-corrected chi connectivity index (χ2v) is 3.42. The van der Waals surface area contributed by atoms with Crippen LogP contribution in [0.5, 0.6) is 0 Å². The molecule has 1 radical (unpaired) electrons. The average molecular weight is 256 g/mol. The Morgan fingerprint density at radius 2 is 2.00 bits per heavy atom. The summed E-state index contributed by atoms with van der Waals surface area (Å²) in [5, 5.41) is 10.8. The molecule has 0 saturated heterocycles. The molecule has 0 amide bonds. The van der Waals surface area contributed by atoms with Crippen LogP contribution in [0.2, 0.25) is 0 Å². The molecule has 0 aliphatic heterocycles. The number of nitrogens with zero attached hydrogens (tertiary/aromatic N) is 1. The van der Waals surface area contributed by atoms with Crippen LogP contribution in [0.3, 0.4) is 0 Å². The van der Waals surface area contributed by atoms with Crippen molar-refractivity contribution in [2.24, 2.45) is 0 Å². The Balaban J connectivity index is 2.59. The molecule has 2 aromatic rings. The second-order valence-electron chi connectivity index (χ2n) is 3.42. The Morgan fingerprint density at radius 3 is 2.50 bits per heavy atom. The van der Waals surface area contributed by atoms with Crippen molar-refractivity contribution in [3.05, 3.63) is 52.5 Å². The lowest BCUT2D eigenvalue weighted by atomic mass is 10.0. The maximum absolute atomic E-state index is 12.5. The van der Waals surface area contributed by atoms with Gasteiger partial charge in [0.1, 0.15) is 0 Å². The van der Waals surface area contributed by atoms with Crippen molar-refractivity contribution in [2.45, 2.75) is 6.18 Å². The number of alkyl halides is 3. The molecule has 2 rings (SSSR count). The minimum absolute atomic E-state index is 0.0294. The molecule has 0 fully saturated rings. The number of nitro groups is 1. The molecule has 0 bridgehead atoms. The largest absolute Gasteiger partial charge is 0.460 e. The van der Waals surface area contributed by atoms with Crippen LogP contribution in [0.15, 0.2) is 34.9 Å². The summed E-state index contributed by atoms with van der Waals surface area (Å²) in [6.07, 6.45) is -1.04. The number of benzene rings is 1. The van der Waals surface area contributed by atoms with Crippen LogP contribution >= 0.6 is 0 Å². The highest BCUT2D eigenvalue weighted by Gasteiger charge is 2.33. The molecule has 0 N–H and O–H groups in total. The predicted molar refractivity (Wildman–Crippen MR) is 54.6 cm³/mol. The number of furan rings is 1. The SMILES string of the molecule is O=[N+]([O-])c1cc(C(F)(F)F)ccc1-c1[c]occ1. The quantitative estimate of drug-likeness (QED) is 0.608. The van der Waals surface area contributed by atoms with Gasteiger partial charge in [0.05, 0.1) is 22.3 Å². The molecule has 93 valence electrons. The zero-order chi connectivity index (χ0) is 13.3. The van der Waals surface area contributed by atoms with Crippen molar-refractivity contribution in [2.75, 3.05) is 0 Å². The lowest BCUT2D eigenvalue weighted by Crippen LogP contribution is -2.06. The van der Waals surface area contributed by atoms with Gasteiger partial charge in [-0.3, -0.25) is 10.1 Å². The number of rotatable bonds is 2. The lowest BCUT2D eigenvalue weighted by molar-refractivity contribution is -0.384. The fourth-order valence-electron chi connectivity index (χ4n) is 1.47. The van der Waals surface area contributed by atoms with Gasteiger partial charge in [0, 0.05) is 11.6 Å². The standard InChI is InChI=1S/C11H5F3NO3/c12-11(13,14)8-1-2-9(7-3-4-18-6-7)10(5-8)15(16)17/h1-5H. The fraction of sp³-hybridized carbons (Fsp3) is 0.0909. The summed E-state index contributed by atoms with van der Waals surface area (Å²) >= 11 is 0. The minimum atomic E-state index is -4.62. The molecule has 0 saturated carbocycles. The van der Waals surface area contributed by atoms with Gasteiger partial charge in [-0.15, -0.1) is 0 Å². The molecular formula is C11H5F3NO3. The van der Waals surface area contributed by atoms with Crippen molar-refractivity contribution in [1.29, 1.82) is 0 Å². The predicted octanol–water partition coefficient (Wildman–Crippen LogP) is 3.67. The smallest absolute Gasteiger partial charge is 0.416 e. The topological polar surface area (TPSA) is 56.3 Å². The van der Waals surface area contributed by atoms with E-state index in [2.05, 4.69) is 10.7 Å². The van der Waals surface area contributed by atoms with E-state index < -0.39 is 22.4 Å². The average Bonchev–Trinajstić information content (AvgIpc) is 2.80. The van der Waals surface area contributed by atoms with Gasteiger partial charge in [-0.05, 0) is 18.2 Å². The first-order valence-corrected chi connectivity index (χ1v) is 4.71. The summed E-state index contributed by atoms with van der Waals surface area (Å²) in [6.45, 7) is 0. The summed E-state index contributed by atoms with van der Waals surface area (Å²) in [7, 11) is 0. The van der Waals surface area contributed by atoms with Crippen molar-refractivity contribution in [1.82, 2.24) is 0 Å². The maximum Gasteiger partial charge on any atom is 0.416 e. The van der Waals surface area contributed by atoms with Gasteiger partial charge < -0.3 is 4.42 Å². The van der Waals surface area contributed by atoms with Crippen LogP contribution in [0.25, 0.3) is 11.1 Å². The van der Waals surface area contributed by atoms with Crippen molar-refractivity contribution >= 4 is 5.69 Å². The van der Waals surface area contributed by atoms with E-state index in [4.69, 9.17) is 0 Å². The first-order valence-electron chi connectivity index (χ1n) is 4.71. The van der Waals surface area contributed by atoms with Gasteiger partial charge in [0.2, 0.25) is 0 Å². The summed E-state index contributed by atoms with van der Waals surface area (Å²) in [5.41, 5.74) is -1.44. The van der Waals surface area contributed by atoms with Crippen LogP contribution < -0.4 is 0 Å². The molecule has 4 nitrogen and oxygen atoms in total. The Hall–Kier alpha value is -2.31. The third-order valence-corrected chi connectivity index (χ3v) is 2.28. The third-order valence-electron chi connectivity index (χ3n) is 2.28. The van der Waals surface area contributed by atoms with Gasteiger partial charge in [0.15, 0.2) is 6.26 Å². The van der Waals surface area contributed by atoms with Gasteiger partial charge in [0.25, 0.3) is 5.69 Å². The van der Waals surface area contributed by atoms with E-state index in [1.165, 1.54) is 12.3 Å². The highest BCUT2D eigenvalue weighted by atomic mass is 19.4. The Kier molecular flexibility index (Phi) is 2.82. The van der Waals surface area contributed by atoms with Gasteiger partial charge >= 0.3 is 6.18 Å². The molecule has 18 heavy (non-hydrogen) atoms. The monoisotopic (exact) mass is 256 g/mol. The van der Waals surface area contributed by atoms with E-state index in [1.54, 1.807) is 0 Å². The lowest BCUT2D eigenvalue weighted by Gasteiger charge is -2.07. The van der Waals surface area contributed by atoms with E-state index in [1.807, 2.05) is 0 Å². The molecule has 0 atom stereocenters. The van der Waals surface area contributed by atoms with Crippen LogP contribution in [-0.4, -0.2) is 4.92 Å². The zero-order valence-corrected chi connectivity index (χ0v) is 8.69. The molecule has 0 unspecified atom stereocenters. The number of hydrogen-bond acceptors (Lipinski definition) is 3. The van der Waals surface area contributed by atoms with Crippen LogP contribution in [-0.2, 0) is 6.18 Å². The van der Waals surface area contributed by atoms with Crippen LogP contribution in [0, 0.1) is 16.4 Å². The van der Waals surface area contributed by atoms with Gasteiger partial charge in [-0.25, -0.2) is 0 Å². The van der Waals surface area contributed by atoms with Gasteiger partial charge in [-0.1, -0.05) is 0 Å². The van der Waals surface area contributed by atoms with E-state index in [9.17, 15) is 23.3 Å². The van der Waals surface area contributed by atoms with Crippen molar-refractivity contribution in [3.63, 3.8) is 0 Å². The highest BCUT2D eigenvalue weighted by molar-refractivity contribution is 5.72. The number of nitro benzene ring substituents is 1. The molecule has 1 heterocycles. The molecular weight excluding hydrogens is 251 g/mol. The van der Waals surface area contributed by atoms with Crippen molar-refractivity contribution < 1.29 is 22.5 Å². The van der Waals surface area contributed by atoms with Crippen LogP contribution in [0.4, 0.5) is 18.9 Å². The first-order chi connectivity index (χ1) is 8.39. The number of halogens is 3. The first kappa shape index (κ1) is 12.2. The summed E-state index contributed by atoms with van der Waals surface area (Å²) in [5.74, 6) is 0.